The summed E-state index contributed by atoms with van der Waals surface area (Å²) in [5.74, 6) is 1.20. The molecule has 0 saturated carbocycles. The van der Waals surface area contributed by atoms with Crippen LogP contribution in [0.15, 0.2) is 22.9 Å². The van der Waals surface area contributed by atoms with Crippen LogP contribution in [-0.4, -0.2) is 9.97 Å². The molecular formula is C10H9ClN2S. The number of hydrogen-bond acceptors (Lipinski definition) is 3. The van der Waals surface area contributed by atoms with E-state index >= 15 is 0 Å². The molecule has 0 amide bonds. The average molecular weight is 225 g/mol. The van der Waals surface area contributed by atoms with Crippen molar-refractivity contribution in [2.24, 2.45) is 0 Å². The molecule has 2 aromatic heterocycles. The van der Waals surface area contributed by atoms with Crippen LogP contribution in [0, 0.1) is 6.92 Å². The molecule has 0 fully saturated rings. The molecular weight excluding hydrogens is 216 g/mol. The van der Waals surface area contributed by atoms with Gasteiger partial charge in [0.1, 0.15) is 0 Å². The van der Waals surface area contributed by atoms with Crippen LogP contribution >= 0.6 is 22.9 Å². The molecule has 0 atom stereocenters. The molecule has 0 aliphatic rings. The molecule has 4 heteroatoms. The number of aromatic nitrogens is 2. The fourth-order valence-electron chi connectivity index (χ4n) is 1.22. The highest BCUT2D eigenvalue weighted by molar-refractivity contribution is 7.08. The zero-order valence-corrected chi connectivity index (χ0v) is 9.27. The van der Waals surface area contributed by atoms with E-state index in [1.54, 1.807) is 11.3 Å². The van der Waals surface area contributed by atoms with Gasteiger partial charge in [-0.15, -0.1) is 11.6 Å². The van der Waals surface area contributed by atoms with Gasteiger partial charge in [0.2, 0.25) is 0 Å². The Morgan fingerprint density at radius 3 is 2.93 bits per heavy atom. The number of nitrogens with zero attached hydrogens (tertiary/aromatic N) is 2. The molecule has 0 aliphatic carbocycles. The number of hydrogen-bond donors (Lipinski definition) is 0. The predicted octanol–water partition coefficient (Wildman–Crippen LogP) is 3.25. The SMILES string of the molecule is Cc1cc(CCl)nc(-c2ccsc2)n1. The van der Waals surface area contributed by atoms with Gasteiger partial charge in [-0.25, -0.2) is 9.97 Å². The maximum atomic E-state index is 5.74. The van der Waals surface area contributed by atoms with Crippen LogP contribution in [0.3, 0.4) is 0 Å². The number of thiophene rings is 1. The standard InChI is InChI=1S/C10H9ClN2S/c1-7-4-9(5-11)13-10(12-7)8-2-3-14-6-8/h2-4,6H,5H2,1H3. The third-order valence-electron chi connectivity index (χ3n) is 1.82. The predicted molar refractivity (Wildman–Crippen MR) is 59.6 cm³/mol. The quantitative estimate of drug-likeness (QED) is 0.732. The molecule has 0 aromatic carbocycles. The third-order valence-corrected chi connectivity index (χ3v) is 2.78. The highest BCUT2D eigenvalue weighted by Gasteiger charge is 2.04. The van der Waals surface area contributed by atoms with Gasteiger partial charge >= 0.3 is 0 Å². The highest BCUT2D eigenvalue weighted by atomic mass is 35.5. The minimum Gasteiger partial charge on any atom is -0.233 e. The van der Waals surface area contributed by atoms with Crippen molar-refractivity contribution in [3.8, 4) is 11.4 Å². The number of halogens is 1. The Labute approximate surface area is 91.6 Å². The first-order chi connectivity index (χ1) is 6.79. The van der Waals surface area contributed by atoms with E-state index in [4.69, 9.17) is 11.6 Å². The Morgan fingerprint density at radius 2 is 2.29 bits per heavy atom. The van der Waals surface area contributed by atoms with Gasteiger partial charge in [0.25, 0.3) is 0 Å². The van der Waals surface area contributed by atoms with E-state index in [2.05, 4.69) is 9.97 Å². The first-order valence-electron chi connectivity index (χ1n) is 4.22. The molecule has 0 radical (unpaired) electrons. The van der Waals surface area contributed by atoms with Gasteiger partial charge in [-0.3, -0.25) is 0 Å². The molecule has 0 aliphatic heterocycles. The van der Waals surface area contributed by atoms with Crippen molar-refractivity contribution in [2.45, 2.75) is 12.8 Å². The van der Waals surface area contributed by atoms with Gasteiger partial charge in [-0.2, -0.15) is 11.3 Å². The summed E-state index contributed by atoms with van der Waals surface area (Å²) in [5, 5.41) is 4.05. The molecule has 2 aromatic rings. The smallest absolute Gasteiger partial charge is 0.160 e. The number of aryl methyl sites for hydroxylation is 1. The molecule has 0 saturated heterocycles. The maximum absolute atomic E-state index is 5.74. The lowest BCUT2D eigenvalue weighted by Crippen LogP contribution is -1.95. The van der Waals surface area contributed by atoms with Crippen LogP contribution in [0.5, 0.6) is 0 Å². The Morgan fingerprint density at radius 1 is 1.43 bits per heavy atom. The molecule has 0 bridgehead atoms. The van der Waals surface area contributed by atoms with E-state index < -0.39 is 0 Å². The van der Waals surface area contributed by atoms with Gasteiger partial charge in [-0.05, 0) is 24.4 Å². The Bertz CT molecular complexity index is 426. The Hall–Kier alpha value is -0.930. The number of rotatable bonds is 2. The fourth-order valence-corrected chi connectivity index (χ4v) is 1.99. The van der Waals surface area contributed by atoms with Crippen molar-refractivity contribution in [3.05, 3.63) is 34.3 Å². The first-order valence-corrected chi connectivity index (χ1v) is 5.70. The van der Waals surface area contributed by atoms with E-state index in [-0.39, 0.29) is 0 Å². The van der Waals surface area contributed by atoms with E-state index in [0.29, 0.717) is 5.88 Å². The van der Waals surface area contributed by atoms with Gasteiger partial charge in [0.05, 0.1) is 11.6 Å². The van der Waals surface area contributed by atoms with Gasteiger partial charge in [-0.1, -0.05) is 0 Å². The summed E-state index contributed by atoms with van der Waals surface area (Å²) in [6.07, 6.45) is 0. The van der Waals surface area contributed by atoms with Crippen LogP contribution in [0.2, 0.25) is 0 Å². The summed E-state index contributed by atoms with van der Waals surface area (Å²) < 4.78 is 0. The van der Waals surface area contributed by atoms with Crippen molar-refractivity contribution in [2.75, 3.05) is 0 Å². The van der Waals surface area contributed by atoms with E-state index in [1.807, 2.05) is 29.8 Å². The molecule has 2 rings (SSSR count). The van der Waals surface area contributed by atoms with Crippen LogP contribution in [0.4, 0.5) is 0 Å². The molecule has 72 valence electrons. The molecule has 0 unspecified atom stereocenters. The van der Waals surface area contributed by atoms with Crippen LogP contribution in [0.25, 0.3) is 11.4 Å². The maximum Gasteiger partial charge on any atom is 0.160 e. The summed E-state index contributed by atoms with van der Waals surface area (Å²) in [6, 6.07) is 3.92. The van der Waals surface area contributed by atoms with Gasteiger partial charge < -0.3 is 0 Å². The van der Waals surface area contributed by atoms with E-state index in [9.17, 15) is 0 Å². The van der Waals surface area contributed by atoms with Crippen molar-refractivity contribution in [1.29, 1.82) is 0 Å². The normalized spacial score (nSPS) is 10.4. The number of alkyl halides is 1. The van der Waals surface area contributed by atoms with Gasteiger partial charge in [0.15, 0.2) is 5.82 Å². The van der Waals surface area contributed by atoms with Crippen molar-refractivity contribution in [3.63, 3.8) is 0 Å². The van der Waals surface area contributed by atoms with Gasteiger partial charge in [0, 0.05) is 16.6 Å². The van der Waals surface area contributed by atoms with E-state index in [0.717, 1.165) is 22.8 Å². The summed E-state index contributed by atoms with van der Waals surface area (Å²) in [6.45, 7) is 1.95. The second kappa shape index (κ2) is 4.07. The molecule has 14 heavy (non-hydrogen) atoms. The van der Waals surface area contributed by atoms with Crippen molar-refractivity contribution in [1.82, 2.24) is 9.97 Å². The topological polar surface area (TPSA) is 25.8 Å². The minimum absolute atomic E-state index is 0.431. The Balaban J connectivity index is 2.48. The molecule has 0 N–H and O–H groups in total. The summed E-state index contributed by atoms with van der Waals surface area (Å²) in [5.41, 5.74) is 2.89. The molecule has 2 heterocycles. The lowest BCUT2D eigenvalue weighted by Gasteiger charge is -2.01. The first kappa shape index (κ1) is 9.62. The summed E-state index contributed by atoms with van der Waals surface area (Å²) in [4.78, 5) is 8.72. The second-order valence-electron chi connectivity index (χ2n) is 2.97. The minimum atomic E-state index is 0.431. The van der Waals surface area contributed by atoms with E-state index in [1.165, 1.54) is 0 Å². The average Bonchev–Trinajstić information content (AvgIpc) is 2.69. The lowest BCUT2D eigenvalue weighted by molar-refractivity contribution is 1.05. The van der Waals surface area contributed by atoms with Crippen LogP contribution < -0.4 is 0 Å². The lowest BCUT2D eigenvalue weighted by atomic mass is 10.3. The largest absolute Gasteiger partial charge is 0.233 e. The molecule has 2 nitrogen and oxygen atoms in total. The fraction of sp³-hybridized carbons (Fsp3) is 0.200. The van der Waals surface area contributed by atoms with Crippen LogP contribution in [-0.2, 0) is 5.88 Å². The summed E-state index contributed by atoms with van der Waals surface area (Å²) in [7, 11) is 0. The third kappa shape index (κ3) is 1.94. The zero-order chi connectivity index (χ0) is 9.97. The van der Waals surface area contributed by atoms with Crippen LogP contribution in [0.1, 0.15) is 11.4 Å². The zero-order valence-electron chi connectivity index (χ0n) is 7.70. The summed E-state index contributed by atoms with van der Waals surface area (Å²) >= 11 is 7.39. The highest BCUT2D eigenvalue weighted by Crippen LogP contribution is 2.19. The van der Waals surface area contributed by atoms with Crippen molar-refractivity contribution < 1.29 is 0 Å². The molecule has 0 spiro atoms. The van der Waals surface area contributed by atoms with Crippen molar-refractivity contribution >= 4 is 22.9 Å². The second-order valence-corrected chi connectivity index (χ2v) is 4.02. The monoisotopic (exact) mass is 224 g/mol. The Kier molecular flexibility index (Phi) is 2.79.